The Labute approximate surface area is 118 Å². The van der Waals surface area contributed by atoms with E-state index in [2.05, 4.69) is 22.6 Å². The summed E-state index contributed by atoms with van der Waals surface area (Å²) in [6.45, 7) is 0.328. The first-order valence-electron chi connectivity index (χ1n) is 4.98. The zero-order valence-corrected chi connectivity index (χ0v) is 11.7. The molecular formula is C13H9ClFIO. The molecular weight excluding hydrogens is 353 g/mol. The highest BCUT2D eigenvalue weighted by Gasteiger charge is 2.07. The highest BCUT2D eigenvalue weighted by Crippen LogP contribution is 2.24. The summed E-state index contributed by atoms with van der Waals surface area (Å²) in [5.41, 5.74) is 0.991. The third kappa shape index (κ3) is 3.33. The van der Waals surface area contributed by atoms with E-state index in [4.69, 9.17) is 16.3 Å². The summed E-state index contributed by atoms with van der Waals surface area (Å²) in [7, 11) is 0. The van der Waals surface area contributed by atoms with Crippen molar-refractivity contribution in [3.05, 3.63) is 62.4 Å². The van der Waals surface area contributed by atoms with Crippen LogP contribution in [0.3, 0.4) is 0 Å². The summed E-state index contributed by atoms with van der Waals surface area (Å²) >= 11 is 7.89. The average molecular weight is 363 g/mol. The molecule has 88 valence electrons. The van der Waals surface area contributed by atoms with Gasteiger partial charge in [0.2, 0.25) is 0 Å². The van der Waals surface area contributed by atoms with Crippen molar-refractivity contribution in [1.29, 1.82) is 0 Å². The van der Waals surface area contributed by atoms with Crippen LogP contribution in [0.15, 0.2) is 42.5 Å². The fourth-order valence-corrected chi connectivity index (χ4v) is 1.86. The number of benzene rings is 2. The molecule has 0 aliphatic carbocycles. The summed E-state index contributed by atoms with van der Waals surface area (Å²) < 4.78 is 20.0. The minimum absolute atomic E-state index is 0.0742. The van der Waals surface area contributed by atoms with Gasteiger partial charge in [0, 0.05) is 3.57 Å². The van der Waals surface area contributed by atoms with Gasteiger partial charge in [0.15, 0.2) is 11.6 Å². The van der Waals surface area contributed by atoms with E-state index in [1.165, 1.54) is 6.07 Å². The van der Waals surface area contributed by atoms with Gasteiger partial charge in [-0.3, -0.25) is 0 Å². The Morgan fingerprint density at radius 1 is 1.12 bits per heavy atom. The summed E-state index contributed by atoms with van der Waals surface area (Å²) in [5.74, 6) is -0.337. The molecule has 0 radical (unpaired) electrons. The molecule has 0 bridgehead atoms. The number of hydrogen-bond donors (Lipinski definition) is 0. The van der Waals surface area contributed by atoms with Gasteiger partial charge in [-0.15, -0.1) is 0 Å². The van der Waals surface area contributed by atoms with Crippen LogP contribution in [0.2, 0.25) is 5.02 Å². The average Bonchev–Trinajstić information content (AvgIpc) is 2.33. The number of ether oxygens (including phenoxy) is 1. The van der Waals surface area contributed by atoms with Gasteiger partial charge in [0.05, 0.1) is 5.02 Å². The molecule has 0 spiro atoms. The normalized spacial score (nSPS) is 10.3. The Morgan fingerprint density at radius 2 is 1.82 bits per heavy atom. The third-order valence-corrected chi connectivity index (χ3v) is 3.23. The second-order valence-corrected chi connectivity index (χ2v) is 5.12. The largest absolute Gasteiger partial charge is 0.486 e. The van der Waals surface area contributed by atoms with Gasteiger partial charge in [-0.1, -0.05) is 29.8 Å². The Balaban J connectivity index is 2.07. The van der Waals surface area contributed by atoms with Crippen molar-refractivity contribution in [2.75, 3.05) is 0 Å². The molecule has 2 aromatic carbocycles. The van der Waals surface area contributed by atoms with Crippen molar-refractivity contribution in [3.8, 4) is 5.75 Å². The van der Waals surface area contributed by atoms with Gasteiger partial charge in [0.1, 0.15) is 6.61 Å². The highest BCUT2D eigenvalue weighted by atomic mass is 127. The molecule has 0 saturated heterocycles. The molecule has 0 aliphatic heterocycles. The van der Waals surface area contributed by atoms with Gasteiger partial charge in [-0.25, -0.2) is 4.39 Å². The molecule has 17 heavy (non-hydrogen) atoms. The lowest BCUT2D eigenvalue weighted by Crippen LogP contribution is -1.97. The van der Waals surface area contributed by atoms with Crippen LogP contribution in [0.25, 0.3) is 0 Å². The predicted octanol–water partition coefficient (Wildman–Crippen LogP) is 4.66. The maximum atomic E-state index is 13.5. The summed E-state index contributed by atoms with van der Waals surface area (Å²) in [6.07, 6.45) is 0. The van der Waals surface area contributed by atoms with Gasteiger partial charge in [-0.2, -0.15) is 0 Å². The van der Waals surface area contributed by atoms with Crippen molar-refractivity contribution in [2.24, 2.45) is 0 Å². The lowest BCUT2D eigenvalue weighted by molar-refractivity contribution is 0.290. The maximum absolute atomic E-state index is 13.5. The predicted molar refractivity (Wildman–Crippen MR) is 74.9 cm³/mol. The molecule has 0 aromatic heterocycles. The molecule has 0 fully saturated rings. The summed E-state index contributed by atoms with van der Waals surface area (Å²) in [5, 5.41) is 0.0742. The summed E-state index contributed by atoms with van der Waals surface area (Å²) in [6, 6.07) is 12.6. The fraction of sp³-hybridized carbons (Fsp3) is 0.0769. The molecule has 1 nitrogen and oxygen atoms in total. The van der Waals surface area contributed by atoms with Crippen LogP contribution in [-0.2, 0) is 6.61 Å². The molecule has 0 amide bonds. The van der Waals surface area contributed by atoms with Crippen molar-refractivity contribution in [3.63, 3.8) is 0 Å². The van der Waals surface area contributed by atoms with Crippen molar-refractivity contribution < 1.29 is 9.13 Å². The van der Waals surface area contributed by atoms with Gasteiger partial charge < -0.3 is 4.74 Å². The monoisotopic (exact) mass is 362 g/mol. The minimum Gasteiger partial charge on any atom is -0.486 e. The van der Waals surface area contributed by atoms with Crippen molar-refractivity contribution in [2.45, 2.75) is 6.61 Å². The molecule has 2 rings (SSSR count). The third-order valence-electron chi connectivity index (χ3n) is 2.22. The number of halogens is 3. The first-order chi connectivity index (χ1) is 8.16. The van der Waals surface area contributed by atoms with E-state index < -0.39 is 5.82 Å². The zero-order valence-electron chi connectivity index (χ0n) is 8.79. The molecule has 0 heterocycles. The number of hydrogen-bond acceptors (Lipinski definition) is 1. The van der Waals surface area contributed by atoms with E-state index in [9.17, 15) is 4.39 Å². The standard InChI is InChI=1S/C13H9ClFIO/c14-11-2-1-3-12(13(11)15)17-8-9-4-6-10(16)7-5-9/h1-7H,8H2. The van der Waals surface area contributed by atoms with Crippen LogP contribution in [0.5, 0.6) is 5.75 Å². The Bertz CT molecular complexity index is 513. The van der Waals surface area contributed by atoms with E-state index in [1.54, 1.807) is 12.1 Å². The lowest BCUT2D eigenvalue weighted by Gasteiger charge is -2.08. The van der Waals surface area contributed by atoms with Crippen LogP contribution in [-0.4, -0.2) is 0 Å². The Kier molecular flexibility index (Phi) is 4.23. The van der Waals surface area contributed by atoms with Crippen LogP contribution >= 0.6 is 34.2 Å². The first kappa shape index (κ1) is 12.6. The van der Waals surface area contributed by atoms with Gasteiger partial charge in [-0.05, 0) is 52.4 Å². The maximum Gasteiger partial charge on any atom is 0.183 e. The van der Waals surface area contributed by atoms with E-state index in [0.717, 1.165) is 9.13 Å². The molecule has 4 heteroatoms. The van der Waals surface area contributed by atoms with Crippen molar-refractivity contribution in [1.82, 2.24) is 0 Å². The Morgan fingerprint density at radius 3 is 2.53 bits per heavy atom. The smallest absolute Gasteiger partial charge is 0.183 e. The van der Waals surface area contributed by atoms with Crippen LogP contribution in [0, 0.1) is 9.39 Å². The minimum atomic E-state index is -0.514. The zero-order chi connectivity index (χ0) is 12.3. The molecule has 2 aromatic rings. The molecule has 0 aliphatic rings. The quantitative estimate of drug-likeness (QED) is 0.722. The highest BCUT2D eigenvalue weighted by molar-refractivity contribution is 14.1. The Hall–Kier alpha value is -0.810. The molecule has 0 atom stereocenters. The van der Waals surface area contributed by atoms with Crippen molar-refractivity contribution >= 4 is 34.2 Å². The molecule has 0 unspecified atom stereocenters. The van der Waals surface area contributed by atoms with E-state index in [-0.39, 0.29) is 10.8 Å². The first-order valence-corrected chi connectivity index (χ1v) is 6.44. The summed E-state index contributed by atoms with van der Waals surface area (Å²) in [4.78, 5) is 0. The molecule has 0 N–H and O–H groups in total. The van der Waals surface area contributed by atoms with E-state index in [1.807, 2.05) is 24.3 Å². The van der Waals surface area contributed by atoms with Gasteiger partial charge >= 0.3 is 0 Å². The van der Waals surface area contributed by atoms with E-state index in [0.29, 0.717) is 6.61 Å². The topological polar surface area (TPSA) is 9.23 Å². The second-order valence-electron chi connectivity index (χ2n) is 3.47. The van der Waals surface area contributed by atoms with Crippen LogP contribution < -0.4 is 4.74 Å². The number of rotatable bonds is 3. The lowest BCUT2D eigenvalue weighted by atomic mass is 10.2. The SMILES string of the molecule is Fc1c(Cl)cccc1OCc1ccc(I)cc1. The van der Waals surface area contributed by atoms with Gasteiger partial charge in [0.25, 0.3) is 0 Å². The molecule has 0 saturated carbocycles. The van der Waals surface area contributed by atoms with E-state index >= 15 is 0 Å². The fourth-order valence-electron chi connectivity index (χ4n) is 1.34. The van der Waals surface area contributed by atoms with Crippen LogP contribution in [0.1, 0.15) is 5.56 Å². The van der Waals surface area contributed by atoms with Crippen LogP contribution in [0.4, 0.5) is 4.39 Å². The second kappa shape index (κ2) is 5.69.